The van der Waals surface area contributed by atoms with E-state index in [9.17, 15) is 13.2 Å². The number of hydrogen-bond donors (Lipinski definition) is 1. The van der Waals surface area contributed by atoms with Crippen LogP contribution in [0.4, 0.5) is 11.4 Å². The Kier molecular flexibility index (Phi) is 7.17. The maximum Gasteiger partial charge on any atom is 0.255 e. The number of rotatable bonds is 8. The molecule has 35 heavy (non-hydrogen) atoms. The molecule has 0 saturated carbocycles. The SMILES string of the molecule is CN(c1cc(OCc2ccccc2)c(-c2ccccc2)cc1NC(=O)c1ccccc1)S(C)(=O)=O. The molecule has 0 bridgehead atoms. The highest BCUT2D eigenvalue weighted by Crippen LogP contribution is 2.40. The summed E-state index contributed by atoms with van der Waals surface area (Å²) >= 11 is 0. The summed E-state index contributed by atoms with van der Waals surface area (Å²) in [6, 6.07) is 31.5. The molecule has 0 radical (unpaired) electrons. The minimum Gasteiger partial charge on any atom is -0.488 e. The zero-order valence-electron chi connectivity index (χ0n) is 19.5. The standard InChI is InChI=1S/C28H26N2O4S/c1-30(35(2,32)33)26-19-27(34-20-21-12-6-3-7-13-21)24(22-14-8-4-9-15-22)18-25(26)29-28(31)23-16-10-5-11-17-23/h3-19H,20H2,1-2H3,(H,29,31). The predicted molar refractivity (Wildman–Crippen MR) is 140 cm³/mol. The summed E-state index contributed by atoms with van der Waals surface area (Å²) in [5.74, 6) is 0.161. The molecular formula is C28H26N2O4S. The molecular weight excluding hydrogens is 460 g/mol. The number of benzene rings is 4. The average molecular weight is 487 g/mol. The van der Waals surface area contributed by atoms with E-state index in [0.717, 1.165) is 27.3 Å². The molecule has 4 rings (SSSR count). The van der Waals surface area contributed by atoms with Crippen molar-refractivity contribution in [3.05, 3.63) is 114 Å². The molecule has 6 nitrogen and oxygen atoms in total. The Balaban J connectivity index is 1.82. The van der Waals surface area contributed by atoms with Gasteiger partial charge in [0.05, 0.1) is 17.6 Å². The highest BCUT2D eigenvalue weighted by Gasteiger charge is 2.22. The topological polar surface area (TPSA) is 75.7 Å². The van der Waals surface area contributed by atoms with Gasteiger partial charge in [0, 0.05) is 24.2 Å². The molecule has 0 saturated heterocycles. The Labute approximate surface area is 205 Å². The zero-order chi connectivity index (χ0) is 24.8. The van der Waals surface area contributed by atoms with E-state index in [1.165, 1.54) is 7.05 Å². The number of amides is 1. The van der Waals surface area contributed by atoms with Crippen molar-refractivity contribution in [2.75, 3.05) is 22.9 Å². The minimum atomic E-state index is -3.61. The van der Waals surface area contributed by atoms with Crippen molar-refractivity contribution >= 4 is 27.3 Å². The lowest BCUT2D eigenvalue weighted by Crippen LogP contribution is -2.26. The average Bonchev–Trinajstić information content (AvgIpc) is 2.88. The lowest BCUT2D eigenvalue weighted by molar-refractivity contribution is 0.102. The van der Waals surface area contributed by atoms with E-state index < -0.39 is 10.0 Å². The summed E-state index contributed by atoms with van der Waals surface area (Å²) < 4.78 is 32.2. The van der Waals surface area contributed by atoms with Gasteiger partial charge in [0.25, 0.3) is 5.91 Å². The first-order valence-electron chi connectivity index (χ1n) is 11.0. The van der Waals surface area contributed by atoms with Gasteiger partial charge < -0.3 is 10.1 Å². The minimum absolute atomic E-state index is 0.304. The molecule has 0 unspecified atom stereocenters. The van der Waals surface area contributed by atoms with Crippen molar-refractivity contribution in [2.45, 2.75) is 6.61 Å². The van der Waals surface area contributed by atoms with Gasteiger partial charge >= 0.3 is 0 Å². The van der Waals surface area contributed by atoms with E-state index in [1.54, 1.807) is 36.4 Å². The van der Waals surface area contributed by atoms with Crippen LogP contribution in [0.15, 0.2) is 103 Å². The first-order chi connectivity index (χ1) is 16.8. The first-order valence-corrected chi connectivity index (χ1v) is 12.9. The van der Waals surface area contributed by atoms with E-state index in [4.69, 9.17) is 4.74 Å². The summed E-state index contributed by atoms with van der Waals surface area (Å²) in [4.78, 5) is 13.0. The summed E-state index contributed by atoms with van der Waals surface area (Å²) in [7, 11) is -2.16. The molecule has 0 aliphatic heterocycles. The third-order valence-electron chi connectivity index (χ3n) is 5.54. The monoisotopic (exact) mass is 486 g/mol. The molecule has 0 aromatic heterocycles. The molecule has 0 aliphatic carbocycles. The predicted octanol–water partition coefficient (Wildman–Crippen LogP) is 5.58. The van der Waals surface area contributed by atoms with Crippen molar-refractivity contribution < 1.29 is 17.9 Å². The second kappa shape index (κ2) is 10.4. The highest BCUT2D eigenvalue weighted by atomic mass is 32.2. The molecule has 7 heteroatoms. The Morgan fingerprint density at radius 2 is 1.43 bits per heavy atom. The van der Waals surface area contributed by atoms with Crippen LogP contribution in [0.1, 0.15) is 15.9 Å². The fourth-order valence-corrected chi connectivity index (χ4v) is 4.10. The van der Waals surface area contributed by atoms with Crippen LogP contribution >= 0.6 is 0 Å². The van der Waals surface area contributed by atoms with E-state index in [-0.39, 0.29) is 5.91 Å². The van der Waals surface area contributed by atoms with Gasteiger partial charge in [-0.05, 0) is 29.3 Å². The van der Waals surface area contributed by atoms with Crippen LogP contribution in [-0.4, -0.2) is 27.6 Å². The second-order valence-electron chi connectivity index (χ2n) is 8.06. The van der Waals surface area contributed by atoms with Crippen LogP contribution < -0.4 is 14.4 Å². The van der Waals surface area contributed by atoms with Gasteiger partial charge in [0.2, 0.25) is 10.0 Å². The number of carbonyl (C=O) groups is 1. The summed E-state index contributed by atoms with van der Waals surface area (Å²) in [6.45, 7) is 0.304. The van der Waals surface area contributed by atoms with Crippen LogP contribution in [0.25, 0.3) is 11.1 Å². The number of nitrogens with one attached hydrogen (secondary N) is 1. The van der Waals surface area contributed by atoms with Crippen molar-refractivity contribution in [2.24, 2.45) is 0 Å². The van der Waals surface area contributed by atoms with Gasteiger partial charge in [-0.2, -0.15) is 0 Å². The third kappa shape index (κ3) is 5.88. The smallest absolute Gasteiger partial charge is 0.255 e. The number of carbonyl (C=O) groups excluding carboxylic acids is 1. The molecule has 178 valence electrons. The van der Waals surface area contributed by atoms with E-state index in [1.807, 2.05) is 66.7 Å². The highest BCUT2D eigenvalue weighted by molar-refractivity contribution is 7.92. The number of nitrogens with zero attached hydrogens (tertiary/aromatic N) is 1. The number of ether oxygens (including phenoxy) is 1. The van der Waals surface area contributed by atoms with Crippen LogP contribution in [0.3, 0.4) is 0 Å². The van der Waals surface area contributed by atoms with Gasteiger partial charge in [-0.1, -0.05) is 78.9 Å². The molecule has 4 aromatic rings. The summed E-state index contributed by atoms with van der Waals surface area (Å²) in [6.07, 6.45) is 1.12. The van der Waals surface area contributed by atoms with Crippen LogP contribution in [0.5, 0.6) is 5.75 Å². The molecule has 0 spiro atoms. The van der Waals surface area contributed by atoms with Crippen molar-refractivity contribution in [1.29, 1.82) is 0 Å². The van der Waals surface area contributed by atoms with Gasteiger partial charge in [-0.25, -0.2) is 8.42 Å². The number of sulfonamides is 1. The van der Waals surface area contributed by atoms with Crippen molar-refractivity contribution in [3.8, 4) is 16.9 Å². The molecule has 0 heterocycles. The molecule has 0 fully saturated rings. The zero-order valence-corrected chi connectivity index (χ0v) is 20.3. The maximum atomic E-state index is 13.0. The molecule has 1 amide bonds. The summed E-state index contributed by atoms with van der Waals surface area (Å²) in [5, 5.41) is 2.89. The fraction of sp³-hybridized carbons (Fsp3) is 0.107. The van der Waals surface area contributed by atoms with Crippen LogP contribution in [-0.2, 0) is 16.6 Å². The lowest BCUT2D eigenvalue weighted by atomic mass is 10.0. The van der Waals surface area contributed by atoms with Crippen molar-refractivity contribution in [3.63, 3.8) is 0 Å². The molecule has 0 aliphatic rings. The van der Waals surface area contributed by atoms with Gasteiger partial charge in [0.15, 0.2) is 0 Å². The van der Waals surface area contributed by atoms with E-state index >= 15 is 0 Å². The fourth-order valence-electron chi connectivity index (χ4n) is 3.59. The number of hydrogen-bond acceptors (Lipinski definition) is 4. The number of anilines is 2. The third-order valence-corrected chi connectivity index (χ3v) is 6.73. The van der Waals surface area contributed by atoms with Crippen LogP contribution in [0.2, 0.25) is 0 Å². The quantitative estimate of drug-likeness (QED) is 0.353. The van der Waals surface area contributed by atoms with Gasteiger partial charge in [0.1, 0.15) is 12.4 Å². The maximum absolute atomic E-state index is 13.0. The largest absolute Gasteiger partial charge is 0.488 e. The first kappa shape index (κ1) is 24.0. The molecule has 4 aromatic carbocycles. The van der Waals surface area contributed by atoms with E-state index in [2.05, 4.69) is 5.32 Å². The Morgan fingerprint density at radius 3 is 2.03 bits per heavy atom. The second-order valence-corrected chi connectivity index (χ2v) is 10.1. The summed E-state index contributed by atoms with van der Waals surface area (Å²) in [5.41, 5.74) is 3.71. The van der Waals surface area contributed by atoms with E-state index in [0.29, 0.717) is 29.3 Å². The molecule has 1 N–H and O–H groups in total. The van der Waals surface area contributed by atoms with Crippen LogP contribution in [0, 0.1) is 0 Å². The van der Waals surface area contributed by atoms with Gasteiger partial charge in [-0.3, -0.25) is 9.10 Å². The normalized spacial score (nSPS) is 11.0. The Morgan fingerprint density at radius 1 is 0.857 bits per heavy atom. The van der Waals surface area contributed by atoms with Crippen molar-refractivity contribution in [1.82, 2.24) is 0 Å². The lowest BCUT2D eigenvalue weighted by Gasteiger charge is -2.23. The van der Waals surface area contributed by atoms with Gasteiger partial charge in [-0.15, -0.1) is 0 Å². The Bertz CT molecular complexity index is 1410. The Hall–Kier alpha value is -4.10. The molecule has 0 atom stereocenters.